The molecule has 106 valence electrons. The first-order valence-corrected chi connectivity index (χ1v) is 6.80. The third-order valence-corrected chi connectivity index (χ3v) is 3.57. The zero-order valence-electron chi connectivity index (χ0n) is 11.8. The molecule has 0 atom stereocenters. The van der Waals surface area contributed by atoms with Gasteiger partial charge in [-0.15, -0.1) is 0 Å². The maximum Gasteiger partial charge on any atom is 0.133 e. The number of hydrogen-bond acceptors (Lipinski definition) is 4. The summed E-state index contributed by atoms with van der Waals surface area (Å²) in [5.74, 6) is 1.04. The van der Waals surface area contributed by atoms with Gasteiger partial charge >= 0.3 is 0 Å². The highest BCUT2D eigenvalue weighted by molar-refractivity contribution is 5.84. The van der Waals surface area contributed by atoms with Gasteiger partial charge in [-0.2, -0.15) is 0 Å². The van der Waals surface area contributed by atoms with Crippen LogP contribution in [0.2, 0.25) is 0 Å². The van der Waals surface area contributed by atoms with Crippen LogP contribution in [0.1, 0.15) is 5.56 Å². The number of benzene rings is 2. The molecule has 2 aromatic carbocycles. The molecule has 0 spiro atoms. The molecule has 21 heavy (non-hydrogen) atoms. The van der Waals surface area contributed by atoms with Crippen LogP contribution in [0.3, 0.4) is 0 Å². The number of anilines is 2. The van der Waals surface area contributed by atoms with E-state index in [1.54, 1.807) is 12.1 Å². The van der Waals surface area contributed by atoms with Crippen LogP contribution in [0.5, 0.6) is 5.75 Å². The van der Waals surface area contributed by atoms with Crippen LogP contribution in [0.25, 0.3) is 10.9 Å². The second kappa shape index (κ2) is 5.42. The first kappa shape index (κ1) is 13.4. The molecule has 0 aliphatic carbocycles. The molecule has 0 saturated heterocycles. The van der Waals surface area contributed by atoms with E-state index in [0.717, 1.165) is 28.0 Å². The highest BCUT2D eigenvalue weighted by Gasteiger charge is 2.10. The Labute approximate surface area is 123 Å². The molecule has 3 rings (SSSR count). The van der Waals surface area contributed by atoms with E-state index in [2.05, 4.69) is 4.98 Å². The van der Waals surface area contributed by atoms with Crippen molar-refractivity contribution in [2.24, 2.45) is 5.73 Å². The zero-order chi connectivity index (χ0) is 14.8. The minimum atomic E-state index is 0.235. The third-order valence-electron chi connectivity index (χ3n) is 3.57. The molecule has 4 nitrogen and oxygen atoms in total. The first-order valence-electron chi connectivity index (χ1n) is 6.80. The minimum Gasteiger partial charge on any atom is -0.508 e. The summed E-state index contributed by atoms with van der Waals surface area (Å²) in [6, 6.07) is 17.1. The number of nitrogens with zero attached hydrogens (tertiary/aromatic N) is 2. The largest absolute Gasteiger partial charge is 0.508 e. The summed E-state index contributed by atoms with van der Waals surface area (Å²) in [5, 5.41) is 10.7. The molecular formula is C17H17N3O. The first-order chi connectivity index (χ1) is 10.2. The topological polar surface area (TPSA) is 62.4 Å². The Morgan fingerprint density at radius 3 is 2.67 bits per heavy atom. The van der Waals surface area contributed by atoms with Crippen molar-refractivity contribution in [2.75, 3.05) is 11.9 Å². The molecular weight excluding hydrogens is 262 g/mol. The SMILES string of the molecule is CN(c1cccc(O)c1)c1cc(CN)c2ccccc2n1. The quantitative estimate of drug-likeness (QED) is 0.773. The van der Waals surface area contributed by atoms with Crippen LogP contribution in [0.15, 0.2) is 54.6 Å². The van der Waals surface area contributed by atoms with E-state index in [4.69, 9.17) is 5.73 Å². The fourth-order valence-corrected chi connectivity index (χ4v) is 2.41. The Morgan fingerprint density at radius 1 is 1.10 bits per heavy atom. The molecule has 1 aromatic heterocycles. The van der Waals surface area contributed by atoms with Gasteiger partial charge in [-0.25, -0.2) is 4.98 Å². The molecule has 0 fully saturated rings. The molecule has 1 heterocycles. The maximum absolute atomic E-state index is 9.61. The summed E-state index contributed by atoms with van der Waals surface area (Å²) in [5.41, 5.74) is 8.71. The van der Waals surface area contributed by atoms with E-state index in [1.807, 2.05) is 54.4 Å². The molecule has 0 saturated carbocycles. The van der Waals surface area contributed by atoms with Crippen molar-refractivity contribution in [1.29, 1.82) is 0 Å². The predicted molar refractivity (Wildman–Crippen MR) is 85.8 cm³/mol. The maximum atomic E-state index is 9.61. The van der Waals surface area contributed by atoms with Crippen molar-refractivity contribution >= 4 is 22.4 Å². The normalized spacial score (nSPS) is 10.8. The third kappa shape index (κ3) is 2.53. The van der Waals surface area contributed by atoms with Crippen LogP contribution in [-0.2, 0) is 6.54 Å². The summed E-state index contributed by atoms with van der Waals surface area (Å²) >= 11 is 0. The molecule has 0 unspecified atom stereocenters. The van der Waals surface area contributed by atoms with E-state index in [9.17, 15) is 5.11 Å². The van der Waals surface area contributed by atoms with Crippen molar-refractivity contribution in [3.05, 3.63) is 60.2 Å². The zero-order valence-corrected chi connectivity index (χ0v) is 11.8. The summed E-state index contributed by atoms with van der Waals surface area (Å²) in [7, 11) is 1.92. The molecule has 0 bridgehead atoms. The Kier molecular flexibility index (Phi) is 3.46. The molecule has 0 aliphatic rings. The van der Waals surface area contributed by atoms with Gasteiger partial charge in [0.05, 0.1) is 5.52 Å². The minimum absolute atomic E-state index is 0.235. The fraction of sp³-hybridized carbons (Fsp3) is 0.118. The number of nitrogens with two attached hydrogens (primary N) is 1. The number of fused-ring (bicyclic) bond motifs is 1. The molecule has 0 radical (unpaired) electrons. The van der Waals surface area contributed by atoms with E-state index in [-0.39, 0.29) is 5.75 Å². The smallest absolute Gasteiger partial charge is 0.133 e. The second-order valence-corrected chi connectivity index (χ2v) is 4.94. The van der Waals surface area contributed by atoms with Crippen LogP contribution in [0.4, 0.5) is 11.5 Å². The predicted octanol–water partition coefficient (Wildman–Crippen LogP) is 3.17. The van der Waals surface area contributed by atoms with Crippen LogP contribution >= 0.6 is 0 Å². The van der Waals surface area contributed by atoms with Crippen molar-refractivity contribution in [1.82, 2.24) is 4.98 Å². The monoisotopic (exact) mass is 279 g/mol. The van der Waals surface area contributed by atoms with Gasteiger partial charge < -0.3 is 15.7 Å². The number of para-hydroxylation sites is 1. The van der Waals surface area contributed by atoms with E-state index >= 15 is 0 Å². The number of hydrogen-bond donors (Lipinski definition) is 2. The molecule has 3 N–H and O–H groups in total. The Hall–Kier alpha value is -2.59. The van der Waals surface area contributed by atoms with Crippen molar-refractivity contribution in [2.45, 2.75) is 6.54 Å². The lowest BCUT2D eigenvalue weighted by atomic mass is 10.1. The van der Waals surface area contributed by atoms with Gasteiger partial charge in [0.1, 0.15) is 11.6 Å². The van der Waals surface area contributed by atoms with Gasteiger partial charge in [0, 0.05) is 30.7 Å². The highest BCUT2D eigenvalue weighted by atomic mass is 16.3. The number of pyridine rings is 1. The van der Waals surface area contributed by atoms with Gasteiger partial charge in [-0.3, -0.25) is 0 Å². The number of aromatic nitrogens is 1. The average Bonchev–Trinajstić information content (AvgIpc) is 2.53. The van der Waals surface area contributed by atoms with Gasteiger partial charge in [0.15, 0.2) is 0 Å². The molecule has 0 amide bonds. The summed E-state index contributed by atoms with van der Waals surface area (Å²) < 4.78 is 0. The Bertz CT molecular complexity index is 786. The average molecular weight is 279 g/mol. The van der Waals surface area contributed by atoms with Crippen LogP contribution in [-0.4, -0.2) is 17.1 Å². The molecule has 0 aliphatic heterocycles. The van der Waals surface area contributed by atoms with Crippen LogP contribution < -0.4 is 10.6 Å². The van der Waals surface area contributed by atoms with Crippen molar-refractivity contribution in [3.63, 3.8) is 0 Å². The molecule has 3 aromatic rings. The van der Waals surface area contributed by atoms with Crippen LogP contribution in [0, 0.1) is 0 Å². The number of phenolic OH excluding ortho intramolecular Hbond substituents is 1. The second-order valence-electron chi connectivity index (χ2n) is 4.94. The standard InChI is InChI=1S/C17H17N3O/c1-20(13-5-4-6-14(21)10-13)17-9-12(11-18)15-7-2-3-8-16(15)19-17/h2-10,21H,11,18H2,1H3. The lowest BCUT2D eigenvalue weighted by molar-refractivity contribution is 0.475. The van der Waals surface area contributed by atoms with Crippen molar-refractivity contribution < 1.29 is 5.11 Å². The summed E-state index contributed by atoms with van der Waals surface area (Å²) in [6.45, 7) is 0.462. The lowest BCUT2D eigenvalue weighted by Gasteiger charge is -2.20. The Morgan fingerprint density at radius 2 is 1.90 bits per heavy atom. The van der Waals surface area contributed by atoms with Gasteiger partial charge in [0.25, 0.3) is 0 Å². The highest BCUT2D eigenvalue weighted by Crippen LogP contribution is 2.28. The number of aromatic hydroxyl groups is 1. The lowest BCUT2D eigenvalue weighted by Crippen LogP contribution is -2.12. The fourth-order valence-electron chi connectivity index (χ4n) is 2.41. The van der Waals surface area contributed by atoms with Gasteiger partial charge in [-0.1, -0.05) is 24.3 Å². The van der Waals surface area contributed by atoms with E-state index in [0.29, 0.717) is 6.54 Å². The van der Waals surface area contributed by atoms with Gasteiger partial charge in [-0.05, 0) is 29.8 Å². The van der Waals surface area contributed by atoms with Crippen molar-refractivity contribution in [3.8, 4) is 5.75 Å². The number of rotatable bonds is 3. The molecule has 4 heteroatoms. The Balaban J connectivity index is 2.12. The van der Waals surface area contributed by atoms with E-state index in [1.165, 1.54) is 0 Å². The van der Waals surface area contributed by atoms with E-state index < -0.39 is 0 Å². The number of phenols is 1. The van der Waals surface area contributed by atoms with Gasteiger partial charge in [0.2, 0.25) is 0 Å². The summed E-state index contributed by atoms with van der Waals surface area (Å²) in [4.78, 5) is 6.61. The summed E-state index contributed by atoms with van der Waals surface area (Å²) in [6.07, 6.45) is 0.